The minimum Gasteiger partial charge on any atom is -0.497 e. The highest BCUT2D eigenvalue weighted by atomic mass is 32.1. The third kappa shape index (κ3) is 4.28. The molecule has 1 aromatic carbocycles. The van der Waals surface area contributed by atoms with E-state index in [-0.39, 0.29) is 5.56 Å². The van der Waals surface area contributed by atoms with Crippen molar-refractivity contribution in [2.24, 2.45) is 11.0 Å². The van der Waals surface area contributed by atoms with E-state index in [4.69, 9.17) is 14.5 Å². The van der Waals surface area contributed by atoms with Crippen molar-refractivity contribution in [3.63, 3.8) is 0 Å². The summed E-state index contributed by atoms with van der Waals surface area (Å²) in [6.45, 7) is 6.57. The lowest BCUT2D eigenvalue weighted by Crippen LogP contribution is -2.22. The van der Waals surface area contributed by atoms with E-state index in [9.17, 15) is 4.79 Å². The molecule has 32 heavy (non-hydrogen) atoms. The van der Waals surface area contributed by atoms with Gasteiger partial charge < -0.3 is 9.47 Å². The molecule has 166 valence electrons. The number of hydrogen-bond donors (Lipinski definition) is 0. The monoisotopic (exact) mass is 450 g/mol. The molecule has 0 bridgehead atoms. The molecule has 0 aliphatic carbocycles. The summed E-state index contributed by atoms with van der Waals surface area (Å²) in [7, 11) is 3.29. The number of methoxy groups -OCH3 is 2. The van der Waals surface area contributed by atoms with Crippen molar-refractivity contribution in [1.82, 2.24) is 14.6 Å². The number of aryl methyl sites for hydroxylation is 1. The van der Waals surface area contributed by atoms with Gasteiger partial charge in [-0.2, -0.15) is 9.78 Å². The molecule has 0 aliphatic rings. The van der Waals surface area contributed by atoms with E-state index in [0.29, 0.717) is 35.0 Å². The molecule has 0 radical (unpaired) electrons. The fourth-order valence-corrected chi connectivity index (χ4v) is 4.77. The summed E-state index contributed by atoms with van der Waals surface area (Å²) in [4.78, 5) is 23.9. The van der Waals surface area contributed by atoms with E-state index in [2.05, 4.69) is 23.9 Å². The standard InChI is InChI=1S/C24H26N4O3S/c1-14(2)10-19-27-21-20-17(13-30-4)11-15(3)26-23(20)32-22(21)24(29)28(19)25-12-16-6-8-18(31-5)9-7-16/h6-9,11-12,14H,10,13H2,1-5H3. The van der Waals surface area contributed by atoms with Crippen LogP contribution in [0.3, 0.4) is 0 Å². The van der Waals surface area contributed by atoms with Crippen LogP contribution in [-0.2, 0) is 17.8 Å². The molecule has 0 spiro atoms. The lowest BCUT2D eigenvalue weighted by molar-refractivity contribution is 0.186. The second-order valence-corrected chi connectivity index (χ2v) is 9.08. The molecule has 4 aromatic rings. The van der Waals surface area contributed by atoms with Crippen LogP contribution in [-0.4, -0.2) is 35.1 Å². The molecule has 0 saturated carbocycles. The van der Waals surface area contributed by atoms with Crippen molar-refractivity contribution in [1.29, 1.82) is 0 Å². The van der Waals surface area contributed by atoms with Crippen LogP contribution in [0.25, 0.3) is 20.4 Å². The van der Waals surface area contributed by atoms with Gasteiger partial charge >= 0.3 is 0 Å². The van der Waals surface area contributed by atoms with Crippen LogP contribution < -0.4 is 10.3 Å². The molecule has 0 amide bonds. The zero-order valence-corrected chi connectivity index (χ0v) is 19.7. The third-order valence-corrected chi connectivity index (χ3v) is 6.11. The maximum atomic E-state index is 13.5. The summed E-state index contributed by atoms with van der Waals surface area (Å²) in [5, 5.41) is 5.41. The lowest BCUT2D eigenvalue weighted by Gasteiger charge is -2.10. The fraction of sp³-hybridized carbons (Fsp3) is 0.333. The van der Waals surface area contributed by atoms with E-state index < -0.39 is 0 Å². The molecule has 0 saturated heterocycles. The van der Waals surface area contributed by atoms with Crippen molar-refractivity contribution in [3.8, 4) is 5.75 Å². The quantitative estimate of drug-likeness (QED) is 0.386. The van der Waals surface area contributed by atoms with Gasteiger partial charge in [-0.1, -0.05) is 13.8 Å². The zero-order chi connectivity index (χ0) is 22.8. The summed E-state index contributed by atoms with van der Waals surface area (Å²) >= 11 is 1.36. The Morgan fingerprint density at radius 3 is 2.59 bits per heavy atom. The van der Waals surface area contributed by atoms with Gasteiger partial charge in [-0.3, -0.25) is 4.79 Å². The second kappa shape index (κ2) is 9.18. The number of benzene rings is 1. The van der Waals surface area contributed by atoms with Gasteiger partial charge in [0.05, 0.1) is 25.4 Å². The summed E-state index contributed by atoms with van der Waals surface area (Å²) in [5.41, 5.74) is 3.24. The molecular formula is C24H26N4O3S. The van der Waals surface area contributed by atoms with Crippen LogP contribution in [0, 0.1) is 12.8 Å². The Morgan fingerprint density at radius 2 is 1.94 bits per heavy atom. The SMILES string of the molecule is COCc1cc(C)nc2sc3c(=O)n(N=Cc4ccc(OC)cc4)c(CC(C)C)nc3c12. The molecule has 4 rings (SSSR count). The predicted octanol–water partition coefficient (Wildman–Crippen LogP) is 4.55. The van der Waals surface area contributed by atoms with Crippen molar-refractivity contribution in [2.45, 2.75) is 33.8 Å². The van der Waals surface area contributed by atoms with Crippen molar-refractivity contribution < 1.29 is 9.47 Å². The number of rotatable bonds is 7. The van der Waals surface area contributed by atoms with Gasteiger partial charge in [0.1, 0.15) is 21.1 Å². The number of pyridine rings is 1. The third-order valence-electron chi connectivity index (χ3n) is 5.05. The van der Waals surface area contributed by atoms with Crippen molar-refractivity contribution >= 4 is 38.0 Å². The highest BCUT2D eigenvalue weighted by Gasteiger charge is 2.19. The first-order valence-corrected chi connectivity index (χ1v) is 11.2. The summed E-state index contributed by atoms with van der Waals surface area (Å²) in [6.07, 6.45) is 2.30. The first-order chi connectivity index (χ1) is 15.4. The lowest BCUT2D eigenvalue weighted by atomic mass is 10.1. The largest absolute Gasteiger partial charge is 0.497 e. The van der Waals surface area contributed by atoms with Gasteiger partial charge in [-0.05, 0) is 54.3 Å². The van der Waals surface area contributed by atoms with Crippen LogP contribution in [0.2, 0.25) is 0 Å². The molecular weight excluding hydrogens is 424 g/mol. The Labute approximate surface area is 190 Å². The first kappa shape index (κ1) is 22.1. The molecule has 8 heteroatoms. The van der Waals surface area contributed by atoms with Gasteiger partial charge in [0, 0.05) is 24.6 Å². The fourth-order valence-electron chi connectivity index (χ4n) is 3.64. The average Bonchev–Trinajstić information content (AvgIpc) is 3.12. The highest BCUT2D eigenvalue weighted by Crippen LogP contribution is 2.33. The summed E-state index contributed by atoms with van der Waals surface area (Å²) in [5.74, 6) is 1.71. The van der Waals surface area contributed by atoms with E-state index in [1.807, 2.05) is 37.3 Å². The van der Waals surface area contributed by atoms with Crippen molar-refractivity contribution in [3.05, 3.63) is 63.3 Å². The second-order valence-electron chi connectivity index (χ2n) is 8.08. The Hall–Kier alpha value is -3.10. The molecule has 3 heterocycles. The molecule has 0 N–H and O–H groups in total. The molecule has 0 fully saturated rings. The average molecular weight is 451 g/mol. The van der Waals surface area contributed by atoms with Crippen LogP contribution in [0.1, 0.15) is 36.5 Å². The number of aromatic nitrogens is 3. The summed E-state index contributed by atoms with van der Waals surface area (Å²) in [6, 6.07) is 9.50. The minimum absolute atomic E-state index is 0.181. The topological polar surface area (TPSA) is 78.6 Å². The predicted molar refractivity (Wildman–Crippen MR) is 129 cm³/mol. The number of fused-ring (bicyclic) bond motifs is 3. The van der Waals surface area contributed by atoms with E-state index in [1.165, 1.54) is 16.0 Å². The van der Waals surface area contributed by atoms with E-state index in [0.717, 1.165) is 32.8 Å². The molecule has 3 aromatic heterocycles. The van der Waals surface area contributed by atoms with Gasteiger partial charge in [-0.25, -0.2) is 9.97 Å². The minimum atomic E-state index is -0.181. The van der Waals surface area contributed by atoms with Crippen LogP contribution in [0.5, 0.6) is 5.75 Å². The van der Waals surface area contributed by atoms with Crippen molar-refractivity contribution in [2.75, 3.05) is 14.2 Å². The maximum absolute atomic E-state index is 13.5. The van der Waals surface area contributed by atoms with E-state index >= 15 is 0 Å². The first-order valence-electron chi connectivity index (χ1n) is 10.4. The van der Waals surface area contributed by atoms with Gasteiger partial charge in [0.2, 0.25) is 0 Å². The molecule has 7 nitrogen and oxygen atoms in total. The van der Waals surface area contributed by atoms with Gasteiger partial charge in [0.15, 0.2) is 0 Å². The number of thiophene rings is 1. The Bertz CT molecular complexity index is 1350. The maximum Gasteiger partial charge on any atom is 0.292 e. The molecule has 0 aliphatic heterocycles. The number of hydrogen-bond acceptors (Lipinski definition) is 7. The Morgan fingerprint density at radius 1 is 1.19 bits per heavy atom. The molecule has 0 unspecified atom stereocenters. The number of ether oxygens (including phenoxy) is 2. The highest BCUT2D eigenvalue weighted by molar-refractivity contribution is 7.25. The smallest absolute Gasteiger partial charge is 0.292 e. The Balaban J connectivity index is 1.92. The van der Waals surface area contributed by atoms with E-state index in [1.54, 1.807) is 20.4 Å². The summed E-state index contributed by atoms with van der Waals surface area (Å²) < 4.78 is 12.6. The van der Waals surface area contributed by atoms with Crippen LogP contribution in [0.4, 0.5) is 0 Å². The Kier molecular flexibility index (Phi) is 6.34. The normalized spacial score (nSPS) is 11.9. The number of nitrogens with zero attached hydrogens (tertiary/aromatic N) is 4. The van der Waals surface area contributed by atoms with Crippen LogP contribution >= 0.6 is 11.3 Å². The zero-order valence-electron chi connectivity index (χ0n) is 18.9. The van der Waals surface area contributed by atoms with Crippen LogP contribution in [0.15, 0.2) is 40.2 Å². The van der Waals surface area contributed by atoms with Gasteiger partial charge in [0.25, 0.3) is 5.56 Å². The van der Waals surface area contributed by atoms with Gasteiger partial charge in [-0.15, -0.1) is 11.3 Å². The molecule has 0 atom stereocenters.